The molecule has 2 aliphatic rings. The van der Waals surface area contributed by atoms with Crippen LogP contribution in [0.1, 0.15) is 30.4 Å². The number of alkyl halides is 1. The molecule has 154 valence electrons. The predicted molar refractivity (Wildman–Crippen MR) is 107 cm³/mol. The molecule has 1 saturated carbocycles. The van der Waals surface area contributed by atoms with Gasteiger partial charge in [0.1, 0.15) is 28.7 Å². The van der Waals surface area contributed by atoms with Crippen molar-refractivity contribution in [3.63, 3.8) is 0 Å². The van der Waals surface area contributed by atoms with E-state index >= 15 is 0 Å². The van der Waals surface area contributed by atoms with E-state index in [0.29, 0.717) is 43.0 Å². The van der Waals surface area contributed by atoms with Crippen molar-refractivity contribution in [2.75, 3.05) is 31.0 Å². The quantitative estimate of drug-likeness (QED) is 0.786. The SMILES string of the molecule is COc1cc2c(c(OC)c1NC(=O)CC1(F)CC1)CCN(c1ccc(F)cc1)C2. The molecule has 0 atom stereocenters. The smallest absolute Gasteiger partial charge is 0.227 e. The van der Waals surface area contributed by atoms with E-state index in [0.717, 1.165) is 23.4 Å². The van der Waals surface area contributed by atoms with Crippen molar-refractivity contribution in [3.8, 4) is 11.5 Å². The highest BCUT2D eigenvalue weighted by molar-refractivity contribution is 5.95. The maximum absolute atomic E-state index is 14.0. The van der Waals surface area contributed by atoms with Crippen LogP contribution in [0.5, 0.6) is 11.5 Å². The molecular formula is C22H24F2N2O3. The van der Waals surface area contributed by atoms with Crippen molar-refractivity contribution in [2.45, 2.75) is 37.9 Å². The van der Waals surface area contributed by atoms with Crippen LogP contribution in [0.3, 0.4) is 0 Å². The number of nitrogens with zero attached hydrogens (tertiary/aromatic N) is 1. The standard InChI is InChI=1S/C22H24F2N2O3/c1-28-18-11-14-13-26(16-5-3-15(23)4-6-16)10-7-17(14)21(29-2)20(18)25-19(27)12-22(24)8-9-22/h3-6,11H,7-10,12-13H2,1-2H3,(H,25,27). The summed E-state index contributed by atoms with van der Waals surface area (Å²) >= 11 is 0. The fourth-order valence-electron chi connectivity index (χ4n) is 3.83. The Hall–Kier alpha value is -2.83. The summed E-state index contributed by atoms with van der Waals surface area (Å²) in [6, 6.07) is 8.29. The minimum atomic E-state index is -1.37. The predicted octanol–water partition coefficient (Wildman–Crippen LogP) is 4.24. The Balaban J connectivity index is 1.62. The molecule has 1 aliphatic heterocycles. The molecule has 0 bridgehead atoms. The molecule has 0 saturated heterocycles. The molecule has 0 unspecified atom stereocenters. The van der Waals surface area contributed by atoms with Crippen molar-refractivity contribution in [1.29, 1.82) is 0 Å². The van der Waals surface area contributed by atoms with Crippen molar-refractivity contribution in [3.05, 3.63) is 47.3 Å². The first kappa shape index (κ1) is 19.5. The van der Waals surface area contributed by atoms with Crippen LogP contribution >= 0.6 is 0 Å². The van der Waals surface area contributed by atoms with E-state index in [1.807, 2.05) is 6.07 Å². The molecule has 1 aliphatic carbocycles. The van der Waals surface area contributed by atoms with Crippen LogP contribution in [-0.4, -0.2) is 32.3 Å². The van der Waals surface area contributed by atoms with Gasteiger partial charge in [0.2, 0.25) is 5.91 Å². The molecule has 29 heavy (non-hydrogen) atoms. The van der Waals surface area contributed by atoms with Crippen molar-refractivity contribution >= 4 is 17.3 Å². The maximum Gasteiger partial charge on any atom is 0.227 e. The van der Waals surface area contributed by atoms with Gasteiger partial charge in [0.05, 0.1) is 20.6 Å². The monoisotopic (exact) mass is 402 g/mol. The van der Waals surface area contributed by atoms with Crippen LogP contribution in [0.15, 0.2) is 30.3 Å². The lowest BCUT2D eigenvalue weighted by Crippen LogP contribution is -2.31. The minimum absolute atomic E-state index is 0.158. The zero-order valence-corrected chi connectivity index (χ0v) is 16.6. The lowest BCUT2D eigenvalue weighted by atomic mass is 9.96. The topological polar surface area (TPSA) is 50.8 Å². The Morgan fingerprint density at radius 2 is 1.93 bits per heavy atom. The van der Waals surface area contributed by atoms with E-state index in [9.17, 15) is 13.6 Å². The summed E-state index contributed by atoms with van der Waals surface area (Å²) in [4.78, 5) is 14.5. The van der Waals surface area contributed by atoms with Gasteiger partial charge >= 0.3 is 0 Å². The number of ether oxygens (including phenoxy) is 2. The Kier molecular flexibility index (Phi) is 5.06. The lowest BCUT2D eigenvalue weighted by Gasteiger charge is -2.32. The van der Waals surface area contributed by atoms with Gasteiger partial charge in [0, 0.05) is 24.3 Å². The second-order valence-corrected chi connectivity index (χ2v) is 7.65. The van der Waals surface area contributed by atoms with Crippen LogP contribution in [0.25, 0.3) is 0 Å². The van der Waals surface area contributed by atoms with Gasteiger partial charge in [-0.15, -0.1) is 0 Å². The number of carbonyl (C=O) groups excluding carboxylic acids is 1. The van der Waals surface area contributed by atoms with Gasteiger partial charge in [-0.25, -0.2) is 8.78 Å². The number of hydrogen-bond acceptors (Lipinski definition) is 4. The van der Waals surface area contributed by atoms with Crippen LogP contribution in [-0.2, 0) is 17.8 Å². The van der Waals surface area contributed by atoms with Gasteiger partial charge in [-0.3, -0.25) is 4.79 Å². The average molecular weight is 402 g/mol. The number of rotatable bonds is 6. The molecule has 0 aromatic heterocycles. The van der Waals surface area contributed by atoms with E-state index in [1.54, 1.807) is 19.2 Å². The first-order valence-electron chi connectivity index (χ1n) is 9.68. The van der Waals surface area contributed by atoms with Gasteiger partial charge in [-0.1, -0.05) is 0 Å². The minimum Gasteiger partial charge on any atom is -0.494 e. The van der Waals surface area contributed by atoms with E-state index < -0.39 is 5.67 Å². The van der Waals surface area contributed by atoms with Crippen LogP contribution in [0, 0.1) is 5.82 Å². The van der Waals surface area contributed by atoms with Gasteiger partial charge in [0.15, 0.2) is 0 Å². The van der Waals surface area contributed by atoms with Gasteiger partial charge in [-0.05, 0) is 55.2 Å². The van der Waals surface area contributed by atoms with E-state index in [1.165, 1.54) is 19.2 Å². The second kappa shape index (κ2) is 7.54. The lowest BCUT2D eigenvalue weighted by molar-refractivity contribution is -0.117. The van der Waals surface area contributed by atoms with Gasteiger partial charge < -0.3 is 19.7 Å². The number of nitrogens with one attached hydrogen (secondary N) is 1. The van der Waals surface area contributed by atoms with Gasteiger partial charge in [0.25, 0.3) is 0 Å². The molecule has 2 aromatic carbocycles. The third-order valence-electron chi connectivity index (χ3n) is 5.58. The molecule has 4 rings (SSSR count). The molecule has 1 amide bonds. The third-order valence-corrected chi connectivity index (χ3v) is 5.58. The molecule has 1 N–H and O–H groups in total. The van der Waals surface area contributed by atoms with E-state index in [4.69, 9.17) is 9.47 Å². The Bertz CT molecular complexity index is 927. The Labute approximate surface area is 168 Å². The molecule has 1 fully saturated rings. The number of carbonyl (C=O) groups is 1. The maximum atomic E-state index is 14.0. The molecule has 0 radical (unpaired) electrons. The number of fused-ring (bicyclic) bond motifs is 1. The van der Waals surface area contributed by atoms with Crippen molar-refractivity contribution in [2.24, 2.45) is 0 Å². The summed E-state index contributed by atoms with van der Waals surface area (Å²) in [5.74, 6) is 0.371. The van der Waals surface area contributed by atoms with Crippen LogP contribution < -0.4 is 19.7 Å². The number of halogens is 2. The number of hydrogen-bond donors (Lipinski definition) is 1. The molecule has 2 aromatic rings. The van der Waals surface area contributed by atoms with Gasteiger partial charge in [-0.2, -0.15) is 0 Å². The first-order chi connectivity index (χ1) is 13.9. The molecule has 1 heterocycles. The number of methoxy groups -OCH3 is 2. The number of anilines is 2. The van der Waals surface area contributed by atoms with E-state index in [-0.39, 0.29) is 18.1 Å². The largest absolute Gasteiger partial charge is 0.494 e. The molecule has 5 nitrogen and oxygen atoms in total. The summed E-state index contributed by atoms with van der Waals surface area (Å²) in [6.07, 6.45) is 1.39. The summed E-state index contributed by atoms with van der Waals surface area (Å²) in [7, 11) is 3.07. The van der Waals surface area contributed by atoms with E-state index in [2.05, 4.69) is 10.2 Å². The highest BCUT2D eigenvalue weighted by Gasteiger charge is 2.45. The highest BCUT2D eigenvalue weighted by Crippen LogP contribution is 2.45. The zero-order valence-electron chi connectivity index (χ0n) is 16.6. The number of amides is 1. The third kappa shape index (κ3) is 3.99. The summed E-state index contributed by atoms with van der Waals surface area (Å²) in [5.41, 5.74) is 2.01. The normalized spacial score (nSPS) is 16.8. The summed E-state index contributed by atoms with van der Waals surface area (Å²) in [6.45, 7) is 1.33. The Morgan fingerprint density at radius 1 is 1.21 bits per heavy atom. The average Bonchev–Trinajstić information content (AvgIpc) is 3.43. The molecular weight excluding hydrogens is 378 g/mol. The first-order valence-corrected chi connectivity index (χ1v) is 9.68. The molecule has 7 heteroatoms. The summed E-state index contributed by atoms with van der Waals surface area (Å²) in [5, 5.41) is 2.79. The van der Waals surface area contributed by atoms with Crippen LogP contribution in [0.4, 0.5) is 20.2 Å². The van der Waals surface area contributed by atoms with Crippen LogP contribution in [0.2, 0.25) is 0 Å². The molecule has 0 spiro atoms. The van der Waals surface area contributed by atoms with Crippen molar-refractivity contribution < 1.29 is 23.0 Å². The Morgan fingerprint density at radius 3 is 2.55 bits per heavy atom. The summed E-state index contributed by atoms with van der Waals surface area (Å²) < 4.78 is 38.3. The zero-order chi connectivity index (χ0) is 20.6. The second-order valence-electron chi connectivity index (χ2n) is 7.65. The highest BCUT2D eigenvalue weighted by atomic mass is 19.1. The fraction of sp³-hybridized carbons (Fsp3) is 0.409. The fourth-order valence-corrected chi connectivity index (χ4v) is 3.83. The van der Waals surface area contributed by atoms with Crippen molar-refractivity contribution in [1.82, 2.24) is 0 Å². The number of benzene rings is 2.